The highest BCUT2D eigenvalue weighted by atomic mass is 16.7. The molecule has 0 radical (unpaired) electrons. The van der Waals surface area contributed by atoms with E-state index in [-0.39, 0.29) is 6.23 Å². The van der Waals surface area contributed by atoms with Crippen molar-refractivity contribution >= 4 is 5.97 Å². The van der Waals surface area contributed by atoms with Crippen LogP contribution < -0.4 is 0 Å². The van der Waals surface area contributed by atoms with Crippen molar-refractivity contribution in [1.29, 1.82) is 0 Å². The average Bonchev–Trinajstić information content (AvgIpc) is 2.54. The van der Waals surface area contributed by atoms with E-state index in [4.69, 9.17) is 9.57 Å². The molecule has 1 rings (SSSR count). The standard InChI is InChI=1S/C9H13NO3/c1-3-5-8-10(6-7-12-8)13-9(11)4-2/h3-4,8H,1-2,5-7H2. The van der Waals surface area contributed by atoms with Crippen molar-refractivity contribution in [3.05, 3.63) is 25.3 Å². The number of ether oxygens (including phenoxy) is 1. The van der Waals surface area contributed by atoms with Gasteiger partial charge >= 0.3 is 5.97 Å². The molecule has 0 N–H and O–H groups in total. The van der Waals surface area contributed by atoms with Crippen molar-refractivity contribution < 1.29 is 14.4 Å². The van der Waals surface area contributed by atoms with Crippen LogP contribution in [0.15, 0.2) is 25.3 Å². The third-order valence-corrected chi connectivity index (χ3v) is 1.69. The Balaban J connectivity index is 2.43. The van der Waals surface area contributed by atoms with E-state index in [0.717, 1.165) is 6.08 Å². The summed E-state index contributed by atoms with van der Waals surface area (Å²) in [7, 11) is 0. The van der Waals surface area contributed by atoms with Crippen LogP contribution in [0, 0.1) is 0 Å². The van der Waals surface area contributed by atoms with Gasteiger partial charge in [-0.3, -0.25) is 0 Å². The third kappa shape index (κ3) is 2.68. The van der Waals surface area contributed by atoms with E-state index in [1.165, 1.54) is 5.06 Å². The van der Waals surface area contributed by atoms with Gasteiger partial charge in [-0.1, -0.05) is 12.7 Å². The molecule has 1 saturated heterocycles. The third-order valence-electron chi connectivity index (χ3n) is 1.69. The topological polar surface area (TPSA) is 38.8 Å². The quantitative estimate of drug-likeness (QED) is 0.478. The largest absolute Gasteiger partial charge is 0.362 e. The zero-order valence-electron chi connectivity index (χ0n) is 7.44. The molecule has 1 heterocycles. The maximum atomic E-state index is 10.9. The van der Waals surface area contributed by atoms with E-state index in [2.05, 4.69) is 13.2 Å². The maximum Gasteiger partial charge on any atom is 0.349 e. The van der Waals surface area contributed by atoms with Crippen LogP contribution in [0.4, 0.5) is 0 Å². The van der Waals surface area contributed by atoms with Gasteiger partial charge in [0, 0.05) is 12.5 Å². The lowest BCUT2D eigenvalue weighted by Gasteiger charge is -2.19. The molecule has 4 nitrogen and oxygen atoms in total. The monoisotopic (exact) mass is 183 g/mol. The molecule has 0 aromatic heterocycles. The lowest BCUT2D eigenvalue weighted by Crippen LogP contribution is -2.31. The molecular weight excluding hydrogens is 170 g/mol. The first-order valence-electron chi connectivity index (χ1n) is 4.11. The Morgan fingerprint density at radius 1 is 1.69 bits per heavy atom. The molecule has 4 heteroatoms. The van der Waals surface area contributed by atoms with Crippen LogP contribution in [-0.4, -0.2) is 30.4 Å². The summed E-state index contributed by atoms with van der Waals surface area (Å²) in [6.07, 6.45) is 3.31. The van der Waals surface area contributed by atoms with Gasteiger partial charge in [0.25, 0.3) is 0 Å². The highest BCUT2D eigenvalue weighted by Gasteiger charge is 2.26. The molecular formula is C9H13NO3. The van der Waals surface area contributed by atoms with Gasteiger partial charge in [0.1, 0.15) is 6.23 Å². The summed E-state index contributed by atoms with van der Waals surface area (Å²) in [4.78, 5) is 15.8. The van der Waals surface area contributed by atoms with E-state index in [9.17, 15) is 4.79 Å². The van der Waals surface area contributed by atoms with Gasteiger partial charge in [-0.15, -0.1) is 11.6 Å². The zero-order valence-corrected chi connectivity index (χ0v) is 7.44. The van der Waals surface area contributed by atoms with Crippen LogP contribution in [0.2, 0.25) is 0 Å². The van der Waals surface area contributed by atoms with Crippen LogP contribution in [0.1, 0.15) is 6.42 Å². The zero-order chi connectivity index (χ0) is 9.68. The Hall–Kier alpha value is -1.13. The number of carbonyl (C=O) groups is 1. The maximum absolute atomic E-state index is 10.9. The first-order chi connectivity index (χ1) is 6.27. The molecule has 1 aliphatic rings. The van der Waals surface area contributed by atoms with Crippen molar-refractivity contribution in [3.63, 3.8) is 0 Å². The summed E-state index contributed by atoms with van der Waals surface area (Å²) in [5.41, 5.74) is 0. The molecule has 0 spiro atoms. The van der Waals surface area contributed by atoms with Crippen LogP contribution in [0.3, 0.4) is 0 Å². The predicted octanol–water partition coefficient (Wildman–Crippen LogP) is 0.865. The number of hydroxylamine groups is 2. The molecule has 0 amide bonds. The Morgan fingerprint density at radius 3 is 3.08 bits per heavy atom. The van der Waals surface area contributed by atoms with E-state index < -0.39 is 5.97 Å². The molecule has 0 bridgehead atoms. The van der Waals surface area contributed by atoms with Crippen molar-refractivity contribution in [1.82, 2.24) is 5.06 Å². The van der Waals surface area contributed by atoms with Gasteiger partial charge in [-0.2, -0.15) is 0 Å². The molecule has 1 unspecified atom stereocenters. The van der Waals surface area contributed by atoms with Gasteiger partial charge in [0.05, 0.1) is 13.2 Å². The van der Waals surface area contributed by atoms with Gasteiger partial charge in [0.15, 0.2) is 0 Å². The smallest absolute Gasteiger partial charge is 0.349 e. The molecule has 0 aromatic carbocycles. The van der Waals surface area contributed by atoms with Gasteiger partial charge in [0.2, 0.25) is 0 Å². The molecule has 1 fully saturated rings. The summed E-state index contributed by atoms with van der Waals surface area (Å²) in [5, 5.41) is 1.51. The number of hydrogen-bond acceptors (Lipinski definition) is 4. The molecule has 0 aromatic rings. The van der Waals surface area contributed by atoms with Crippen LogP contribution in [0.5, 0.6) is 0 Å². The van der Waals surface area contributed by atoms with Crippen molar-refractivity contribution in [2.75, 3.05) is 13.2 Å². The Morgan fingerprint density at radius 2 is 2.46 bits per heavy atom. The highest BCUT2D eigenvalue weighted by Crippen LogP contribution is 2.14. The summed E-state index contributed by atoms with van der Waals surface area (Å²) < 4.78 is 5.29. The summed E-state index contributed by atoms with van der Waals surface area (Å²) in [5.74, 6) is -0.459. The minimum Gasteiger partial charge on any atom is -0.362 e. The van der Waals surface area contributed by atoms with E-state index >= 15 is 0 Å². The molecule has 1 aliphatic heterocycles. The Labute approximate surface area is 77.4 Å². The van der Waals surface area contributed by atoms with Crippen molar-refractivity contribution in [2.24, 2.45) is 0 Å². The number of hydrogen-bond donors (Lipinski definition) is 0. The van der Waals surface area contributed by atoms with Gasteiger partial charge in [-0.25, -0.2) is 4.79 Å². The second-order valence-electron chi connectivity index (χ2n) is 2.60. The second-order valence-corrected chi connectivity index (χ2v) is 2.60. The normalized spacial score (nSPS) is 22.6. The van der Waals surface area contributed by atoms with E-state index in [0.29, 0.717) is 19.6 Å². The fourth-order valence-electron chi connectivity index (χ4n) is 1.09. The Bertz CT molecular complexity index is 215. The molecule has 1 atom stereocenters. The molecule has 72 valence electrons. The van der Waals surface area contributed by atoms with Crippen molar-refractivity contribution in [3.8, 4) is 0 Å². The first kappa shape index (κ1) is 9.95. The minimum atomic E-state index is -0.459. The molecule has 13 heavy (non-hydrogen) atoms. The van der Waals surface area contributed by atoms with Crippen LogP contribution in [-0.2, 0) is 14.4 Å². The summed E-state index contributed by atoms with van der Waals surface area (Å²) >= 11 is 0. The summed E-state index contributed by atoms with van der Waals surface area (Å²) in [6, 6.07) is 0. The fraction of sp³-hybridized carbons (Fsp3) is 0.444. The number of carbonyl (C=O) groups excluding carboxylic acids is 1. The molecule has 0 aliphatic carbocycles. The van der Waals surface area contributed by atoms with Gasteiger partial charge in [-0.05, 0) is 0 Å². The fourth-order valence-corrected chi connectivity index (χ4v) is 1.09. The lowest BCUT2D eigenvalue weighted by atomic mass is 10.4. The number of nitrogens with zero attached hydrogens (tertiary/aromatic N) is 1. The van der Waals surface area contributed by atoms with E-state index in [1.54, 1.807) is 6.08 Å². The Kier molecular flexibility index (Phi) is 3.67. The average molecular weight is 183 g/mol. The second kappa shape index (κ2) is 4.79. The SMILES string of the molecule is C=CCC1OCCN1OC(=O)C=C. The summed E-state index contributed by atoms with van der Waals surface area (Å²) in [6.45, 7) is 8.07. The van der Waals surface area contributed by atoms with Crippen molar-refractivity contribution in [2.45, 2.75) is 12.6 Å². The van der Waals surface area contributed by atoms with Crippen LogP contribution >= 0.6 is 0 Å². The highest BCUT2D eigenvalue weighted by molar-refractivity contribution is 5.80. The van der Waals surface area contributed by atoms with E-state index in [1.807, 2.05) is 0 Å². The lowest BCUT2D eigenvalue weighted by molar-refractivity contribution is -0.204. The van der Waals surface area contributed by atoms with Gasteiger partial charge < -0.3 is 9.57 Å². The minimum absolute atomic E-state index is 0.193. The predicted molar refractivity (Wildman–Crippen MR) is 47.5 cm³/mol. The van der Waals surface area contributed by atoms with Crippen LogP contribution in [0.25, 0.3) is 0 Å². The first-order valence-corrected chi connectivity index (χ1v) is 4.11. The molecule has 0 saturated carbocycles. The number of rotatable bonds is 4.